The Morgan fingerprint density at radius 2 is 0.848 bits per heavy atom. The first-order valence-corrected chi connectivity index (χ1v) is 15.3. The molecule has 6 aromatic carbocycles. The number of rotatable bonds is 6. The Balaban J connectivity index is 1.34. The minimum absolute atomic E-state index is 0.628. The maximum absolute atomic E-state index is 5.06. The molecule has 46 heavy (non-hydrogen) atoms. The summed E-state index contributed by atoms with van der Waals surface area (Å²) in [6.07, 6.45) is 3.69. The Labute approximate surface area is 267 Å². The van der Waals surface area contributed by atoms with Gasteiger partial charge in [0, 0.05) is 29.1 Å². The summed E-state index contributed by atoms with van der Waals surface area (Å²) in [7, 11) is 0. The predicted molar refractivity (Wildman–Crippen MR) is 188 cm³/mol. The van der Waals surface area contributed by atoms with Crippen molar-refractivity contribution >= 4 is 10.8 Å². The summed E-state index contributed by atoms with van der Waals surface area (Å²) in [5, 5.41) is 2.40. The number of hydrogen-bond acceptors (Lipinski definition) is 4. The third-order valence-electron chi connectivity index (χ3n) is 8.20. The first kappa shape index (κ1) is 27.3. The molecular formula is C42H28N4. The molecule has 0 fully saturated rings. The molecule has 8 aromatic rings. The van der Waals surface area contributed by atoms with Crippen molar-refractivity contribution in [3.8, 4) is 67.5 Å². The van der Waals surface area contributed by atoms with Crippen molar-refractivity contribution in [3.05, 3.63) is 170 Å². The van der Waals surface area contributed by atoms with Crippen molar-refractivity contribution in [1.82, 2.24) is 19.9 Å². The van der Waals surface area contributed by atoms with Gasteiger partial charge in [-0.3, -0.25) is 4.98 Å². The average Bonchev–Trinajstić information content (AvgIpc) is 3.15. The second kappa shape index (κ2) is 12.0. The van der Waals surface area contributed by atoms with Crippen LogP contribution in [0, 0.1) is 0 Å². The van der Waals surface area contributed by atoms with Gasteiger partial charge < -0.3 is 0 Å². The van der Waals surface area contributed by atoms with Crippen LogP contribution in [-0.4, -0.2) is 19.9 Å². The summed E-state index contributed by atoms with van der Waals surface area (Å²) < 4.78 is 0. The van der Waals surface area contributed by atoms with Crippen LogP contribution in [0.15, 0.2) is 170 Å². The minimum atomic E-state index is 0.628. The Morgan fingerprint density at radius 1 is 0.326 bits per heavy atom. The van der Waals surface area contributed by atoms with Crippen molar-refractivity contribution in [2.75, 3.05) is 0 Å². The van der Waals surface area contributed by atoms with Crippen LogP contribution in [0.4, 0.5) is 0 Å². The zero-order valence-corrected chi connectivity index (χ0v) is 25.0. The maximum atomic E-state index is 5.06. The number of aromatic nitrogens is 4. The summed E-state index contributed by atoms with van der Waals surface area (Å²) in [5.41, 5.74) is 9.48. The van der Waals surface area contributed by atoms with Gasteiger partial charge in [-0.1, -0.05) is 133 Å². The topological polar surface area (TPSA) is 51.6 Å². The molecule has 0 aliphatic carbocycles. The molecule has 0 atom stereocenters. The molecule has 0 radical (unpaired) electrons. The summed E-state index contributed by atoms with van der Waals surface area (Å²) in [6.45, 7) is 0. The third kappa shape index (κ3) is 5.44. The zero-order chi connectivity index (χ0) is 30.7. The Kier molecular flexibility index (Phi) is 7.14. The molecule has 0 bridgehead atoms. The molecule has 0 spiro atoms. The first-order chi connectivity index (χ1) is 22.8. The highest BCUT2D eigenvalue weighted by atomic mass is 15.0. The molecule has 0 aliphatic rings. The van der Waals surface area contributed by atoms with E-state index in [2.05, 4.69) is 96.0 Å². The molecule has 0 N–H and O–H groups in total. The van der Waals surface area contributed by atoms with Gasteiger partial charge in [0.2, 0.25) is 0 Å². The standard InChI is InChI=1S/C42H28N4/c1-3-12-32(13-4-1)40-44-41(33-14-5-2-6-15-33)46-42(45-40)37-26-35(30-22-20-29(21-23-30)34-17-10-24-43-28-34)25-36(27-37)39-19-9-16-31-11-7-8-18-38(31)39/h1-28H. The van der Waals surface area contributed by atoms with Crippen LogP contribution in [0.25, 0.3) is 78.3 Å². The van der Waals surface area contributed by atoms with E-state index < -0.39 is 0 Å². The quantitative estimate of drug-likeness (QED) is 0.194. The minimum Gasteiger partial charge on any atom is -0.264 e. The first-order valence-electron chi connectivity index (χ1n) is 15.3. The third-order valence-corrected chi connectivity index (χ3v) is 8.20. The van der Waals surface area contributed by atoms with Crippen LogP contribution in [-0.2, 0) is 0 Å². The van der Waals surface area contributed by atoms with Crippen molar-refractivity contribution in [2.45, 2.75) is 0 Å². The number of pyridine rings is 1. The van der Waals surface area contributed by atoms with Crippen molar-refractivity contribution in [2.24, 2.45) is 0 Å². The van der Waals surface area contributed by atoms with E-state index in [1.807, 2.05) is 72.9 Å². The van der Waals surface area contributed by atoms with Crippen LogP contribution in [0.3, 0.4) is 0 Å². The van der Waals surface area contributed by atoms with Gasteiger partial charge in [-0.15, -0.1) is 0 Å². The highest BCUT2D eigenvalue weighted by Crippen LogP contribution is 2.36. The summed E-state index contributed by atoms with van der Waals surface area (Å²) in [6, 6.07) is 54.5. The van der Waals surface area contributed by atoms with Gasteiger partial charge >= 0.3 is 0 Å². The number of hydrogen-bond donors (Lipinski definition) is 0. The number of benzene rings is 6. The van der Waals surface area contributed by atoms with Gasteiger partial charge in [0.25, 0.3) is 0 Å². The average molecular weight is 589 g/mol. The van der Waals surface area contributed by atoms with Crippen molar-refractivity contribution < 1.29 is 0 Å². The molecular weight excluding hydrogens is 560 g/mol. The summed E-state index contributed by atoms with van der Waals surface area (Å²) in [4.78, 5) is 19.3. The molecule has 4 heteroatoms. The second-order valence-electron chi connectivity index (χ2n) is 11.2. The fourth-order valence-corrected chi connectivity index (χ4v) is 5.88. The van der Waals surface area contributed by atoms with Crippen LogP contribution in [0.5, 0.6) is 0 Å². The van der Waals surface area contributed by atoms with Crippen LogP contribution in [0.1, 0.15) is 0 Å². The predicted octanol–water partition coefficient (Wildman–Crippen LogP) is 10.4. The SMILES string of the molecule is c1ccc(-c2nc(-c3ccccc3)nc(-c3cc(-c4ccc(-c5cccnc5)cc4)cc(-c4cccc5ccccc45)c3)n2)cc1. The lowest BCUT2D eigenvalue weighted by molar-refractivity contribution is 1.07. The van der Waals surface area contributed by atoms with Gasteiger partial charge in [-0.05, 0) is 68.4 Å². The molecule has 2 heterocycles. The van der Waals surface area contributed by atoms with Crippen molar-refractivity contribution in [3.63, 3.8) is 0 Å². The lowest BCUT2D eigenvalue weighted by Crippen LogP contribution is -2.00. The molecule has 0 saturated carbocycles. The lowest BCUT2D eigenvalue weighted by Gasteiger charge is -2.14. The molecule has 0 unspecified atom stereocenters. The Bertz CT molecular complexity index is 2220. The van der Waals surface area contributed by atoms with E-state index in [1.165, 1.54) is 10.8 Å². The van der Waals surface area contributed by atoms with E-state index in [4.69, 9.17) is 15.0 Å². The van der Waals surface area contributed by atoms with Gasteiger partial charge in [-0.2, -0.15) is 0 Å². The smallest absolute Gasteiger partial charge is 0.164 e. The second-order valence-corrected chi connectivity index (χ2v) is 11.2. The molecule has 4 nitrogen and oxygen atoms in total. The Hall–Kier alpha value is -6.26. The van der Waals surface area contributed by atoms with Crippen LogP contribution < -0.4 is 0 Å². The van der Waals surface area contributed by atoms with E-state index >= 15 is 0 Å². The van der Waals surface area contributed by atoms with Gasteiger partial charge in [-0.25, -0.2) is 15.0 Å². The van der Waals surface area contributed by atoms with Gasteiger partial charge in [0.15, 0.2) is 17.5 Å². The molecule has 0 aliphatic heterocycles. The summed E-state index contributed by atoms with van der Waals surface area (Å²) in [5.74, 6) is 1.91. The molecule has 2 aromatic heterocycles. The van der Waals surface area contributed by atoms with E-state index in [9.17, 15) is 0 Å². The molecule has 8 rings (SSSR count). The highest BCUT2D eigenvalue weighted by molar-refractivity contribution is 5.98. The van der Waals surface area contributed by atoms with Crippen LogP contribution in [0.2, 0.25) is 0 Å². The Morgan fingerprint density at radius 3 is 1.50 bits per heavy atom. The highest BCUT2D eigenvalue weighted by Gasteiger charge is 2.15. The van der Waals surface area contributed by atoms with Crippen LogP contribution >= 0.6 is 0 Å². The van der Waals surface area contributed by atoms with Gasteiger partial charge in [0.1, 0.15) is 0 Å². The number of fused-ring (bicyclic) bond motifs is 1. The number of nitrogens with zero attached hydrogens (tertiary/aromatic N) is 4. The van der Waals surface area contributed by atoms with E-state index in [0.717, 1.165) is 50.1 Å². The maximum Gasteiger partial charge on any atom is 0.164 e. The van der Waals surface area contributed by atoms with Gasteiger partial charge in [0.05, 0.1) is 0 Å². The monoisotopic (exact) mass is 588 g/mol. The fourth-order valence-electron chi connectivity index (χ4n) is 5.88. The molecule has 0 amide bonds. The van der Waals surface area contributed by atoms with E-state index in [1.54, 1.807) is 6.20 Å². The molecule has 216 valence electrons. The van der Waals surface area contributed by atoms with E-state index in [0.29, 0.717) is 17.5 Å². The zero-order valence-electron chi connectivity index (χ0n) is 25.0. The fraction of sp³-hybridized carbons (Fsp3) is 0. The lowest BCUT2D eigenvalue weighted by atomic mass is 9.92. The summed E-state index contributed by atoms with van der Waals surface area (Å²) >= 11 is 0. The van der Waals surface area contributed by atoms with Crippen molar-refractivity contribution in [1.29, 1.82) is 0 Å². The molecule has 0 saturated heterocycles. The van der Waals surface area contributed by atoms with E-state index in [-0.39, 0.29) is 0 Å². The largest absolute Gasteiger partial charge is 0.264 e. The normalized spacial score (nSPS) is 11.0.